The van der Waals surface area contributed by atoms with Crippen molar-refractivity contribution in [2.24, 2.45) is 11.8 Å². The normalized spacial score (nSPS) is 28.1. The van der Waals surface area contributed by atoms with E-state index < -0.39 is 27.4 Å². The third kappa shape index (κ3) is 5.64. The van der Waals surface area contributed by atoms with Crippen LogP contribution in [0.4, 0.5) is 11.4 Å². The highest BCUT2D eigenvalue weighted by molar-refractivity contribution is 8.02. The van der Waals surface area contributed by atoms with Gasteiger partial charge in [0.05, 0.1) is 23.2 Å². The molecule has 2 unspecified atom stereocenters. The van der Waals surface area contributed by atoms with Crippen LogP contribution in [0.5, 0.6) is 0 Å². The Labute approximate surface area is 249 Å². The van der Waals surface area contributed by atoms with Crippen LogP contribution in [0.1, 0.15) is 66.2 Å². The molecule has 1 aromatic carbocycles. The minimum atomic E-state index is -0.675. The van der Waals surface area contributed by atoms with Gasteiger partial charge >= 0.3 is 5.97 Å². The lowest BCUT2D eigenvalue weighted by Gasteiger charge is -2.37. The molecular formula is C32H47N3O5S. The number of aliphatic hydroxyl groups is 1. The Kier molecular flexibility index (Phi) is 10.1. The Morgan fingerprint density at radius 2 is 1.76 bits per heavy atom. The highest BCUT2D eigenvalue weighted by Crippen LogP contribution is 2.71. The molecule has 0 aliphatic carbocycles. The van der Waals surface area contributed by atoms with Gasteiger partial charge in [0.2, 0.25) is 5.91 Å². The van der Waals surface area contributed by atoms with Gasteiger partial charge in [0.1, 0.15) is 6.04 Å². The third-order valence-electron chi connectivity index (χ3n) is 9.23. The number of benzene rings is 1. The molecule has 41 heavy (non-hydrogen) atoms. The molecule has 1 N–H and O–H groups in total. The van der Waals surface area contributed by atoms with E-state index in [2.05, 4.69) is 32.3 Å². The lowest BCUT2D eigenvalue weighted by Crippen LogP contribution is -2.55. The van der Waals surface area contributed by atoms with Crippen molar-refractivity contribution in [3.8, 4) is 0 Å². The van der Waals surface area contributed by atoms with Crippen molar-refractivity contribution < 1.29 is 24.2 Å². The highest BCUT2D eigenvalue weighted by Gasteiger charge is 2.77. The van der Waals surface area contributed by atoms with E-state index in [0.29, 0.717) is 19.5 Å². The van der Waals surface area contributed by atoms with Crippen LogP contribution >= 0.6 is 11.8 Å². The van der Waals surface area contributed by atoms with Gasteiger partial charge in [-0.15, -0.1) is 18.3 Å². The Bertz CT molecular complexity index is 1110. The van der Waals surface area contributed by atoms with Crippen molar-refractivity contribution in [3.05, 3.63) is 36.9 Å². The number of esters is 1. The van der Waals surface area contributed by atoms with Gasteiger partial charge in [0.15, 0.2) is 0 Å². The van der Waals surface area contributed by atoms with Crippen molar-refractivity contribution >= 4 is 40.9 Å². The number of carbonyl (C=O) groups is 3. The molecule has 1 aromatic rings. The van der Waals surface area contributed by atoms with E-state index in [1.54, 1.807) is 34.6 Å². The fraction of sp³-hybridized carbons (Fsp3) is 0.656. The summed E-state index contributed by atoms with van der Waals surface area (Å²) in [4.78, 5) is 48.0. The molecule has 3 heterocycles. The Hall–Kier alpha value is -2.52. The Morgan fingerprint density at radius 1 is 1.10 bits per heavy atom. The van der Waals surface area contributed by atoms with Gasteiger partial charge in [-0.3, -0.25) is 14.4 Å². The second kappa shape index (κ2) is 13.2. The predicted molar refractivity (Wildman–Crippen MR) is 165 cm³/mol. The van der Waals surface area contributed by atoms with Crippen LogP contribution in [0.25, 0.3) is 0 Å². The molecule has 2 amide bonds. The van der Waals surface area contributed by atoms with Crippen LogP contribution in [-0.4, -0.2) is 82.7 Å². The van der Waals surface area contributed by atoms with E-state index in [-0.39, 0.29) is 31.0 Å². The molecule has 3 aliphatic rings. The molecule has 3 fully saturated rings. The van der Waals surface area contributed by atoms with Crippen LogP contribution in [0.15, 0.2) is 36.9 Å². The number of carbonyl (C=O) groups excluding carboxylic acids is 3. The number of ether oxygens (including phenoxy) is 1. The van der Waals surface area contributed by atoms with Gasteiger partial charge in [0.25, 0.3) is 5.91 Å². The average Bonchev–Trinajstić information content (AvgIpc) is 3.53. The number of unbranched alkanes of at least 4 members (excludes halogenated alkanes) is 3. The first kappa shape index (κ1) is 31.4. The first-order chi connectivity index (χ1) is 19.7. The summed E-state index contributed by atoms with van der Waals surface area (Å²) in [5.74, 6) is -1.69. The number of amides is 2. The van der Waals surface area contributed by atoms with E-state index in [0.717, 1.165) is 56.6 Å². The number of anilines is 2. The van der Waals surface area contributed by atoms with E-state index in [4.69, 9.17) is 4.74 Å². The number of fused-ring (bicyclic) bond motifs is 1. The summed E-state index contributed by atoms with van der Waals surface area (Å²) in [5.41, 5.74) is 1.87. The van der Waals surface area contributed by atoms with Gasteiger partial charge in [-0.25, -0.2) is 0 Å². The molecule has 2 bridgehead atoms. The minimum Gasteiger partial charge on any atom is -0.466 e. The third-order valence-corrected chi connectivity index (χ3v) is 11.2. The molecule has 3 aliphatic heterocycles. The van der Waals surface area contributed by atoms with Gasteiger partial charge < -0.3 is 24.5 Å². The fourth-order valence-electron chi connectivity index (χ4n) is 7.31. The average molecular weight is 586 g/mol. The van der Waals surface area contributed by atoms with E-state index >= 15 is 0 Å². The van der Waals surface area contributed by atoms with Crippen molar-refractivity contribution in [1.29, 1.82) is 0 Å². The zero-order chi connectivity index (χ0) is 29.8. The molecule has 1 spiro atoms. The maximum atomic E-state index is 14.7. The Morgan fingerprint density at radius 3 is 2.37 bits per heavy atom. The lowest BCUT2D eigenvalue weighted by molar-refractivity contribution is -0.155. The number of hydrogen-bond acceptors (Lipinski definition) is 7. The summed E-state index contributed by atoms with van der Waals surface area (Å²) in [6.07, 6.45) is 6.38. The molecule has 226 valence electrons. The monoisotopic (exact) mass is 585 g/mol. The summed E-state index contributed by atoms with van der Waals surface area (Å²) in [6, 6.07) is 7.36. The van der Waals surface area contributed by atoms with Gasteiger partial charge in [-0.1, -0.05) is 18.9 Å². The lowest BCUT2D eigenvalue weighted by atomic mass is 9.66. The molecule has 0 saturated carbocycles. The van der Waals surface area contributed by atoms with Crippen LogP contribution < -0.4 is 9.80 Å². The predicted octanol–water partition coefficient (Wildman–Crippen LogP) is 4.65. The summed E-state index contributed by atoms with van der Waals surface area (Å²) >= 11 is 1.67. The number of aliphatic hydroxyl groups excluding tert-OH is 1. The number of nitrogens with zero attached hydrogens (tertiary/aromatic N) is 3. The van der Waals surface area contributed by atoms with Crippen LogP contribution in [0.3, 0.4) is 0 Å². The van der Waals surface area contributed by atoms with E-state index in [9.17, 15) is 19.5 Å². The smallest absolute Gasteiger partial charge is 0.311 e. The molecule has 9 heteroatoms. The SMILES string of the molecule is C=CCN(C(=O)C1N(CCCCCCO)C(=O)[C@@H]2[C@H](C(=O)OCC)[C@]3(C)CCC12S3)c1ccc(N(CC)CC)cc1. The minimum absolute atomic E-state index is 0.102. The molecule has 0 aromatic heterocycles. The van der Waals surface area contributed by atoms with Crippen molar-refractivity contribution in [2.75, 3.05) is 49.2 Å². The van der Waals surface area contributed by atoms with Gasteiger partial charge in [-0.05, 0) is 77.6 Å². The van der Waals surface area contributed by atoms with E-state index in [1.807, 2.05) is 24.3 Å². The largest absolute Gasteiger partial charge is 0.466 e. The standard InChI is InChI=1S/C32H47N3O5S/c1-6-20-34(24-16-14-23(15-17-24)33(7-2)8-3)29(38)27-32-19-18-31(5,41-32)26(30(39)40-9-4)25(32)28(37)35(27)21-12-10-11-13-22-36/h6,14-17,25-27,36H,1,7-13,18-22H2,2-5H3/t25-,26+,27?,31-,32?/m0/s1. The van der Waals surface area contributed by atoms with Crippen molar-refractivity contribution in [3.63, 3.8) is 0 Å². The summed E-state index contributed by atoms with van der Waals surface area (Å²) in [5, 5.41) is 9.19. The fourth-order valence-corrected chi connectivity index (χ4v) is 9.65. The van der Waals surface area contributed by atoms with E-state index in [1.165, 1.54) is 0 Å². The topological polar surface area (TPSA) is 90.4 Å². The van der Waals surface area contributed by atoms with Crippen LogP contribution in [0.2, 0.25) is 0 Å². The molecule has 8 nitrogen and oxygen atoms in total. The maximum absolute atomic E-state index is 14.7. The Balaban J connectivity index is 1.71. The summed E-state index contributed by atoms with van der Waals surface area (Å²) in [6.45, 7) is 15.0. The van der Waals surface area contributed by atoms with Gasteiger partial charge in [0, 0.05) is 48.9 Å². The molecule has 0 radical (unpaired) electrons. The molecule has 3 saturated heterocycles. The number of thioether (sulfide) groups is 1. The molecular weight excluding hydrogens is 538 g/mol. The van der Waals surface area contributed by atoms with Crippen LogP contribution in [0, 0.1) is 11.8 Å². The first-order valence-electron chi connectivity index (χ1n) is 15.3. The zero-order valence-electron chi connectivity index (χ0n) is 25.1. The molecule has 5 atom stereocenters. The summed E-state index contributed by atoms with van der Waals surface area (Å²) < 4.78 is 4.39. The molecule has 4 rings (SSSR count). The maximum Gasteiger partial charge on any atom is 0.311 e. The quantitative estimate of drug-likeness (QED) is 0.182. The number of hydrogen-bond donors (Lipinski definition) is 1. The van der Waals surface area contributed by atoms with Gasteiger partial charge in [-0.2, -0.15) is 0 Å². The number of likely N-dealkylation sites (tertiary alicyclic amines) is 1. The van der Waals surface area contributed by atoms with Crippen molar-refractivity contribution in [1.82, 2.24) is 4.90 Å². The zero-order valence-corrected chi connectivity index (χ0v) is 26.0. The highest BCUT2D eigenvalue weighted by atomic mass is 32.2. The summed E-state index contributed by atoms with van der Waals surface area (Å²) in [7, 11) is 0. The second-order valence-corrected chi connectivity index (χ2v) is 13.5. The van der Waals surface area contributed by atoms with Crippen molar-refractivity contribution in [2.45, 2.75) is 81.8 Å². The first-order valence-corrected chi connectivity index (χ1v) is 16.1. The van der Waals surface area contributed by atoms with Crippen LogP contribution in [-0.2, 0) is 19.1 Å². The number of rotatable bonds is 15. The second-order valence-electron chi connectivity index (χ2n) is 11.6.